The van der Waals surface area contributed by atoms with Crippen molar-refractivity contribution in [1.29, 1.82) is 0 Å². The third-order valence-electron chi connectivity index (χ3n) is 4.42. The zero-order chi connectivity index (χ0) is 12.3. The van der Waals surface area contributed by atoms with Gasteiger partial charge in [0.15, 0.2) is 0 Å². The van der Waals surface area contributed by atoms with Gasteiger partial charge in [-0.15, -0.1) is 11.3 Å². The molecule has 0 radical (unpaired) electrons. The van der Waals surface area contributed by atoms with Crippen LogP contribution in [-0.2, 0) is 0 Å². The Morgan fingerprint density at radius 3 is 2.88 bits per heavy atom. The molecular formula is C15H25NS. The molecule has 96 valence electrons. The second-order valence-electron chi connectivity index (χ2n) is 5.52. The lowest BCUT2D eigenvalue weighted by Crippen LogP contribution is -2.42. The average molecular weight is 251 g/mol. The lowest BCUT2D eigenvalue weighted by atomic mass is 9.77. The zero-order valence-corrected chi connectivity index (χ0v) is 12.1. The van der Waals surface area contributed by atoms with Crippen molar-refractivity contribution in [2.24, 2.45) is 11.8 Å². The predicted molar refractivity (Wildman–Crippen MR) is 76.5 cm³/mol. The van der Waals surface area contributed by atoms with E-state index in [1.165, 1.54) is 30.6 Å². The summed E-state index contributed by atoms with van der Waals surface area (Å²) >= 11 is 1.88. The van der Waals surface area contributed by atoms with Crippen molar-refractivity contribution in [1.82, 2.24) is 5.32 Å². The van der Waals surface area contributed by atoms with Crippen molar-refractivity contribution in [2.45, 2.75) is 58.5 Å². The Balaban J connectivity index is 1.98. The van der Waals surface area contributed by atoms with Gasteiger partial charge in [0, 0.05) is 17.0 Å². The van der Waals surface area contributed by atoms with E-state index >= 15 is 0 Å². The highest BCUT2D eigenvalue weighted by atomic mass is 32.1. The maximum atomic E-state index is 3.90. The van der Waals surface area contributed by atoms with Crippen LogP contribution < -0.4 is 5.32 Å². The van der Waals surface area contributed by atoms with Gasteiger partial charge in [-0.25, -0.2) is 0 Å². The summed E-state index contributed by atoms with van der Waals surface area (Å²) in [4.78, 5) is 1.50. The second-order valence-corrected chi connectivity index (χ2v) is 6.50. The van der Waals surface area contributed by atoms with Gasteiger partial charge in [-0.05, 0) is 36.1 Å². The topological polar surface area (TPSA) is 12.0 Å². The van der Waals surface area contributed by atoms with Crippen molar-refractivity contribution < 1.29 is 0 Å². The summed E-state index contributed by atoms with van der Waals surface area (Å²) in [6.07, 6.45) is 5.35. The van der Waals surface area contributed by atoms with E-state index in [-0.39, 0.29) is 0 Å². The number of hydrogen-bond acceptors (Lipinski definition) is 2. The van der Waals surface area contributed by atoms with Gasteiger partial charge in [0.1, 0.15) is 0 Å². The van der Waals surface area contributed by atoms with Gasteiger partial charge in [-0.3, -0.25) is 0 Å². The van der Waals surface area contributed by atoms with Gasteiger partial charge in [0.05, 0.1) is 0 Å². The first-order chi connectivity index (χ1) is 8.22. The molecule has 0 aliphatic heterocycles. The van der Waals surface area contributed by atoms with Gasteiger partial charge >= 0.3 is 0 Å². The molecule has 2 heteroatoms. The molecule has 1 aromatic rings. The van der Waals surface area contributed by atoms with Crippen molar-refractivity contribution in [3.8, 4) is 0 Å². The molecule has 1 aromatic heterocycles. The van der Waals surface area contributed by atoms with Crippen LogP contribution in [0.3, 0.4) is 0 Å². The largest absolute Gasteiger partial charge is 0.306 e. The van der Waals surface area contributed by atoms with E-state index in [0.29, 0.717) is 12.1 Å². The lowest BCUT2D eigenvalue weighted by Gasteiger charge is -2.37. The molecule has 0 aromatic carbocycles. The molecule has 4 atom stereocenters. The molecule has 1 aliphatic rings. The minimum Gasteiger partial charge on any atom is -0.306 e. The molecule has 1 heterocycles. The van der Waals surface area contributed by atoms with Gasteiger partial charge in [-0.1, -0.05) is 39.7 Å². The molecule has 2 rings (SSSR count). The summed E-state index contributed by atoms with van der Waals surface area (Å²) < 4.78 is 0. The first-order valence-electron chi connectivity index (χ1n) is 7.01. The van der Waals surface area contributed by atoms with Crippen molar-refractivity contribution in [3.05, 3.63) is 22.4 Å². The quantitative estimate of drug-likeness (QED) is 0.823. The Kier molecular flexibility index (Phi) is 4.63. The van der Waals surface area contributed by atoms with Gasteiger partial charge in [-0.2, -0.15) is 0 Å². The van der Waals surface area contributed by atoms with Crippen LogP contribution in [0.5, 0.6) is 0 Å². The molecule has 4 unspecified atom stereocenters. The highest BCUT2D eigenvalue weighted by molar-refractivity contribution is 7.10. The van der Waals surface area contributed by atoms with Crippen LogP contribution in [0.1, 0.15) is 57.4 Å². The Labute approximate surface area is 110 Å². The summed E-state index contributed by atoms with van der Waals surface area (Å²) in [5.41, 5.74) is 0. The smallest absolute Gasteiger partial charge is 0.0414 e. The molecule has 0 amide bonds. The van der Waals surface area contributed by atoms with Crippen LogP contribution in [0.2, 0.25) is 0 Å². The SMILES string of the molecule is CCC(NC1CCCC(C)C1C)c1cccs1. The van der Waals surface area contributed by atoms with Crippen molar-refractivity contribution in [3.63, 3.8) is 0 Å². The van der Waals surface area contributed by atoms with Gasteiger partial charge in [0.2, 0.25) is 0 Å². The van der Waals surface area contributed by atoms with Crippen LogP contribution in [-0.4, -0.2) is 6.04 Å². The Morgan fingerprint density at radius 1 is 1.41 bits per heavy atom. The lowest BCUT2D eigenvalue weighted by molar-refractivity contribution is 0.193. The predicted octanol–water partition coefficient (Wildman–Crippen LogP) is 4.61. The van der Waals surface area contributed by atoms with Crippen molar-refractivity contribution in [2.75, 3.05) is 0 Å². The van der Waals surface area contributed by atoms with Gasteiger partial charge < -0.3 is 5.32 Å². The Hall–Kier alpha value is -0.340. The molecule has 1 N–H and O–H groups in total. The molecule has 1 saturated carbocycles. The standard InChI is InChI=1S/C15H25NS/c1-4-13(15-9-6-10-17-15)16-14-8-5-7-11(2)12(14)3/h6,9-14,16H,4-5,7-8H2,1-3H3. The normalized spacial score (nSPS) is 31.4. The fourth-order valence-corrected chi connectivity index (χ4v) is 3.84. The van der Waals surface area contributed by atoms with E-state index in [4.69, 9.17) is 0 Å². The number of rotatable bonds is 4. The minimum absolute atomic E-state index is 0.563. The third-order valence-corrected chi connectivity index (χ3v) is 5.40. The summed E-state index contributed by atoms with van der Waals surface area (Å²) in [7, 11) is 0. The maximum Gasteiger partial charge on any atom is 0.0414 e. The van der Waals surface area contributed by atoms with Crippen LogP contribution in [0.4, 0.5) is 0 Å². The van der Waals surface area contributed by atoms with E-state index in [1.54, 1.807) is 0 Å². The summed E-state index contributed by atoms with van der Waals surface area (Å²) in [6, 6.07) is 5.71. The maximum absolute atomic E-state index is 3.90. The van der Waals surface area contributed by atoms with E-state index in [1.807, 2.05) is 11.3 Å². The molecule has 0 spiro atoms. The van der Waals surface area contributed by atoms with E-state index in [9.17, 15) is 0 Å². The molecule has 0 saturated heterocycles. The second kappa shape index (κ2) is 6.01. The molecular weight excluding hydrogens is 226 g/mol. The fourth-order valence-electron chi connectivity index (χ4n) is 2.97. The number of nitrogens with one attached hydrogen (secondary N) is 1. The fraction of sp³-hybridized carbons (Fsp3) is 0.733. The van der Waals surface area contributed by atoms with E-state index in [2.05, 4.69) is 43.6 Å². The molecule has 1 aliphatic carbocycles. The third kappa shape index (κ3) is 3.11. The van der Waals surface area contributed by atoms with Crippen molar-refractivity contribution >= 4 is 11.3 Å². The van der Waals surface area contributed by atoms with E-state index in [0.717, 1.165) is 11.8 Å². The molecule has 1 fully saturated rings. The van der Waals surface area contributed by atoms with Crippen LogP contribution in [0.25, 0.3) is 0 Å². The summed E-state index contributed by atoms with van der Waals surface area (Å²) in [5.74, 6) is 1.69. The van der Waals surface area contributed by atoms with Crippen LogP contribution in [0.15, 0.2) is 17.5 Å². The first-order valence-corrected chi connectivity index (χ1v) is 7.89. The average Bonchev–Trinajstić information content (AvgIpc) is 2.85. The minimum atomic E-state index is 0.563. The molecule has 0 bridgehead atoms. The van der Waals surface area contributed by atoms with Gasteiger partial charge in [0.25, 0.3) is 0 Å². The summed E-state index contributed by atoms with van der Waals surface area (Å²) in [5, 5.41) is 6.09. The number of hydrogen-bond donors (Lipinski definition) is 1. The first kappa shape index (κ1) is 13.1. The monoisotopic (exact) mass is 251 g/mol. The molecule has 17 heavy (non-hydrogen) atoms. The Bertz CT molecular complexity index is 320. The highest BCUT2D eigenvalue weighted by Gasteiger charge is 2.28. The number of thiophene rings is 1. The van der Waals surface area contributed by atoms with E-state index < -0.39 is 0 Å². The zero-order valence-electron chi connectivity index (χ0n) is 11.3. The van der Waals surface area contributed by atoms with Crippen LogP contribution in [0, 0.1) is 11.8 Å². The highest BCUT2D eigenvalue weighted by Crippen LogP contribution is 2.32. The van der Waals surface area contributed by atoms with Crippen LogP contribution >= 0.6 is 11.3 Å². The molecule has 1 nitrogen and oxygen atoms in total. The summed E-state index contributed by atoms with van der Waals surface area (Å²) in [6.45, 7) is 7.11. The Morgan fingerprint density at radius 2 is 2.24 bits per heavy atom.